The summed E-state index contributed by atoms with van der Waals surface area (Å²) >= 11 is 0. The van der Waals surface area contributed by atoms with E-state index in [9.17, 15) is 9.59 Å². The molecule has 0 radical (unpaired) electrons. The lowest BCUT2D eigenvalue weighted by molar-refractivity contribution is -0.134. The maximum Gasteiger partial charge on any atom is 0.272 e. The zero-order valence-electron chi connectivity index (χ0n) is 18.8. The molecule has 1 aromatic heterocycles. The van der Waals surface area contributed by atoms with Gasteiger partial charge in [0.25, 0.3) is 5.91 Å². The largest absolute Gasteiger partial charge is 0.341 e. The molecule has 1 fully saturated rings. The van der Waals surface area contributed by atoms with Crippen LogP contribution in [0.25, 0.3) is 11.1 Å². The number of hydrogen-bond acceptors (Lipinski definition) is 3. The summed E-state index contributed by atoms with van der Waals surface area (Å²) in [4.78, 5) is 30.4. The van der Waals surface area contributed by atoms with Crippen LogP contribution in [-0.2, 0) is 18.3 Å². The van der Waals surface area contributed by atoms with Crippen molar-refractivity contribution >= 4 is 11.8 Å². The summed E-state index contributed by atoms with van der Waals surface area (Å²) in [6.45, 7) is 4.30. The maximum atomic E-state index is 13.5. The molecular weight excluding hydrogens is 400 g/mol. The molecule has 0 spiro atoms. The van der Waals surface area contributed by atoms with Gasteiger partial charge in [0.2, 0.25) is 5.91 Å². The fraction of sp³-hybridized carbons (Fsp3) is 0.346. The van der Waals surface area contributed by atoms with Gasteiger partial charge in [-0.1, -0.05) is 61.5 Å². The van der Waals surface area contributed by atoms with Crippen molar-refractivity contribution in [3.8, 4) is 11.1 Å². The summed E-state index contributed by atoms with van der Waals surface area (Å²) in [6, 6.07) is 20.2. The highest BCUT2D eigenvalue weighted by Crippen LogP contribution is 2.27. The minimum absolute atomic E-state index is 0.0718. The molecule has 2 heterocycles. The van der Waals surface area contributed by atoms with Gasteiger partial charge in [-0.25, -0.2) is 0 Å². The van der Waals surface area contributed by atoms with E-state index in [0.717, 1.165) is 23.1 Å². The van der Waals surface area contributed by atoms with Crippen molar-refractivity contribution in [2.24, 2.45) is 13.0 Å². The van der Waals surface area contributed by atoms with Crippen LogP contribution in [0.4, 0.5) is 0 Å². The first kappa shape index (κ1) is 21.8. The highest BCUT2D eigenvalue weighted by Gasteiger charge is 2.33. The molecule has 32 heavy (non-hydrogen) atoms. The first-order valence-electron chi connectivity index (χ1n) is 11.3. The predicted molar refractivity (Wildman–Crippen MR) is 125 cm³/mol. The summed E-state index contributed by atoms with van der Waals surface area (Å²) in [6.07, 6.45) is 3.13. The fourth-order valence-electron chi connectivity index (χ4n) is 4.48. The fourth-order valence-corrected chi connectivity index (χ4v) is 4.48. The van der Waals surface area contributed by atoms with Crippen LogP contribution in [0.3, 0.4) is 0 Å². The first-order chi connectivity index (χ1) is 15.6. The number of aryl methyl sites for hydroxylation is 1. The van der Waals surface area contributed by atoms with Crippen LogP contribution in [0.5, 0.6) is 0 Å². The van der Waals surface area contributed by atoms with Gasteiger partial charge in [0.15, 0.2) is 0 Å². The molecule has 1 saturated heterocycles. The Labute approximate surface area is 189 Å². The lowest BCUT2D eigenvalue weighted by Gasteiger charge is -2.24. The van der Waals surface area contributed by atoms with Gasteiger partial charge in [0.1, 0.15) is 5.69 Å². The van der Waals surface area contributed by atoms with Crippen LogP contribution in [0, 0.1) is 5.92 Å². The van der Waals surface area contributed by atoms with Crippen LogP contribution in [0.1, 0.15) is 29.4 Å². The summed E-state index contributed by atoms with van der Waals surface area (Å²) in [5, 5.41) is 4.14. The minimum Gasteiger partial charge on any atom is -0.341 e. The van der Waals surface area contributed by atoms with Crippen LogP contribution >= 0.6 is 0 Å². The molecule has 1 atom stereocenters. The molecule has 2 amide bonds. The van der Waals surface area contributed by atoms with Gasteiger partial charge < -0.3 is 9.80 Å². The van der Waals surface area contributed by atoms with E-state index < -0.39 is 0 Å². The summed E-state index contributed by atoms with van der Waals surface area (Å²) in [5.41, 5.74) is 3.95. The van der Waals surface area contributed by atoms with Gasteiger partial charge in [0.05, 0.1) is 5.92 Å². The number of rotatable bonds is 6. The lowest BCUT2D eigenvalue weighted by atomic mass is 9.91. The van der Waals surface area contributed by atoms with Gasteiger partial charge >= 0.3 is 0 Å². The van der Waals surface area contributed by atoms with Crippen molar-refractivity contribution < 1.29 is 9.59 Å². The third kappa shape index (κ3) is 4.59. The quantitative estimate of drug-likeness (QED) is 0.600. The first-order valence-corrected chi connectivity index (χ1v) is 11.3. The van der Waals surface area contributed by atoms with Crippen molar-refractivity contribution in [3.63, 3.8) is 0 Å². The van der Waals surface area contributed by atoms with Crippen LogP contribution in [0.15, 0.2) is 66.9 Å². The summed E-state index contributed by atoms with van der Waals surface area (Å²) in [5.74, 6) is -0.224. The minimum atomic E-state index is -0.286. The molecule has 2 aromatic carbocycles. The molecule has 6 heteroatoms. The number of aromatic nitrogens is 2. The van der Waals surface area contributed by atoms with E-state index >= 15 is 0 Å². The topological polar surface area (TPSA) is 58.4 Å². The van der Waals surface area contributed by atoms with Crippen LogP contribution in [-0.4, -0.2) is 57.6 Å². The third-order valence-corrected chi connectivity index (χ3v) is 6.13. The molecule has 0 bridgehead atoms. The molecule has 1 aliphatic heterocycles. The molecule has 1 aliphatic rings. The highest BCUT2D eigenvalue weighted by atomic mass is 16.2. The Balaban J connectivity index is 1.64. The van der Waals surface area contributed by atoms with Gasteiger partial charge in [-0.2, -0.15) is 5.10 Å². The zero-order valence-corrected chi connectivity index (χ0v) is 18.8. The molecule has 4 rings (SSSR count). The van der Waals surface area contributed by atoms with Crippen molar-refractivity contribution in [1.82, 2.24) is 19.6 Å². The van der Waals surface area contributed by atoms with E-state index in [4.69, 9.17) is 0 Å². The molecule has 166 valence electrons. The average Bonchev–Trinajstić information content (AvgIpc) is 3.19. The third-order valence-electron chi connectivity index (χ3n) is 6.13. The second kappa shape index (κ2) is 9.81. The predicted octanol–water partition coefficient (Wildman–Crippen LogP) is 3.64. The van der Waals surface area contributed by atoms with Crippen molar-refractivity contribution in [2.75, 3.05) is 26.2 Å². The van der Waals surface area contributed by atoms with Crippen LogP contribution < -0.4 is 0 Å². The van der Waals surface area contributed by atoms with E-state index in [1.165, 1.54) is 0 Å². The van der Waals surface area contributed by atoms with Crippen LogP contribution in [0.2, 0.25) is 0 Å². The molecule has 0 unspecified atom stereocenters. The molecule has 6 nitrogen and oxygen atoms in total. The number of benzene rings is 2. The van der Waals surface area contributed by atoms with Crippen molar-refractivity contribution in [2.45, 2.75) is 19.8 Å². The number of carbonyl (C=O) groups is 2. The zero-order chi connectivity index (χ0) is 22.5. The lowest BCUT2D eigenvalue weighted by Crippen LogP contribution is -2.38. The van der Waals surface area contributed by atoms with E-state index in [0.29, 0.717) is 38.3 Å². The Morgan fingerprint density at radius 2 is 1.78 bits per heavy atom. The SMILES string of the molecule is CCCN1CCN(C(=O)c2ccnn2C)C[C@@H](Cc2ccccc2-c2ccccc2)C1=O. The monoisotopic (exact) mass is 430 g/mol. The number of hydrogen-bond donors (Lipinski definition) is 0. The second-order valence-corrected chi connectivity index (χ2v) is 8.34. The average molecular weight is 431 g/mol. The number of nitrogens with zero attached hydrogens (tertiary/aromatic N) is 4. The van der Waals surface area contributed by atoms with Crippen molar-refractivity contribution in [1.29, 1.82) is 0 Å². The second-order valence-electron chi connectivity index (χ2n) is 8.34. The Kier molecular flexibility index (Phi) is 6.69. The Hall–Kier alpha value is -3.41. The van der Waals surface area contributed by atoms with Gasteiger partial charge in [-0.3, -0.25) is 14.3 Å². The highest BCUT2D eigenvalue weighted by molar-refractivity contribution is 5.93. The molecular formula is C26H30N4O2. The molecule has 0 aliphatic carbocycles. The summed E-state index contributed by atoms with van der Waals surface area (Å²) in [7, 11) is 1.77. The van der Waals surface area contributed by atoms with Gasteiger partial charge in [0, 0.05) is 39.4 Å². The summed E-state index contributed by atoms with van der Waals surface area (Å²) < 4.78 is 1.60. The van der Waals surface area contributed by atoms with Gasteiger partial charge in [-0.05, 0) is 35.6 Å². The van der Waals surface area contributed by atoms with E-state index in [1.54, 1.807) is 24.0 Å². The maximum absolute atomic E-state index is 13.5. The smallest absolute Gasteiger partial charge is 0.272 e. The molecule has 3 aromatic rings. The number of carbonyl (C=O) groups excluding carboxylic acids is 2. The Morgan fingerprint density at radius 3 is 2.50 bits per heavy atom. The van der Waals surface area contributed by atoms with Gasteiger partial charge in [-0.15, -0.1) is 0 Å². The van der Waals surface area contributed by atoms with E-state index in [2.05, 4.69) is 36.3 Å². The Morgan fingerprint density at radius 1 is 1.03 bits per heavy atom. The van der Waals surface area contributed by atoms with Crippen molar-refractivity contribution in [3.05, 3.63) is 78.1 Å². The standard InChI is InChI=1S/C26H30N4O2/c1-3-15-29-16-17-30(26(32)24-13-14-27-28(24)2)19-22(25(29)31)18-21-11-7-8-12-23(21)20-9-5-4-6-10-20/h4-14,22H,3,15-19H2,1-2H3/t22-/m1/s1. The molecule has 0 N–H and O–H groups in total. The number of amides is 2. The molecule has 0 saturated carbocycles. The van der Waals surface area contributed by atoms with E-state index in [1.807, 2.05) is 40.1 Å². The van der Waals surface area contributed by atoms with E-state index in [-0.39, 0.29) is 17.7 Å². The Bertz CT molecular complexity index is 1080. The normalized spacial score (nSPS) is 16.8.